The highest BCUT2D eigenvalue weighted by Crippen LogP contribution is 2.24. The van der Waals surface area contributed by atoms with Gasteiger partial charge < -0.3 is 10.1 Å². The SMILES string of the molecule is CCC(C(=O)NC(C)c1ccc(OC)cc1)N(c1cccc(C)c1)S(C)(=O)=O. The molecular formula is C21H28N2O4S. The summed E-state index contributed by atoms with van der Waals surface area (Å²) in [4.78, 5) is 13.0. The normalized spacial score (nSPS) is 13.5. The highest BCUT2D eigenvalue weighted by atomic mass is 32.2. The third kappa shape index (κ3) is 5.25. The number of amides is 1. The van der Waals surface area contributed by atoms with Crippen LogP contribution in [0.4, 0.5) is 5.69 Å². The Balaban J connectivity index is 2.28. The molecule has 0 heterocycles. The Hall–Kier alpha value is -2.54. The monoisotopic (exact) mass is 404 g/mol. The Morgan fingerprint density at radius 2 is 1.82 bits per heavy atom. The minimum Gasteiger partial charge on any atom is -0.497 e. The van der Waals surface area contributed by atoms with Crippen molar-refractivity contribution in [2.24, 2.45) is 0 Å². The number of nitrogens with zero attached hydrogens (tertiary/aromatic N) is 1. The van der Waals surface area contributed by atoms with Crippen LogP contribution in [0.25, 0.3) is 0 Å². The quantitative estimate of drug-likeness (QED) is 0.731. The number of aryl methyl sites for hydroxylation is 1. The molecule has 0 aliphatic heterocycles. The van der Waals surface area contributed by atoms with Crippen molar-refractivity contribution < 1.29 is 17.9 Å². The summed E-state index contributed by atoms with van der Waals surface area (Å²) < 4.78 is 31.4. The van der Waals surface area contributed by atoms with E-state index >= 15 is 0 Å². The number of hydrogen-bond donors (Lipinski definition) is 1. The van der Waals surface area contributed by atoms with Gasteiger partial charge in [-0.2, -0.15) is 0 Å². The maximum Gasteiger partial charge on any atom is 0.244 e. The van der Waals surface area contributed by atoms with E-state index in [9.17, 15) is 13.2 Å². The number of ether oxygens (including phenoxy) is 1. The largest absolute Gasteiger partial charge is 0.497 e. The van der Waals surface area contributed by atoms with Crippen LogP contribution >= 0.6 is 0 Å². The van der Waals surface area contributed by atoms with Gasteiger partial charge in [0, 0.05) is 0 Å². The highest BCUT2D eigenvalue weighted by molar-refractivity contribution is 7.92. The lowest BCUT2D eigenvalue weighted by atomic mass is 10.1. The van der Waals surface area contributed by atoms with Gasteiger partial charge in [-0.15, -0.1) is 0 Å². The molecule has 0 aromatic heterocycles. The Morgan fingerprint density at radius 3 is 2.32 bits per heavy atom. The van der Waals surface area contributed by atoms with Crippen LogP contribution in [-0.2, 0) is 14.8 Å². The smallest absolute Gasteiger partial charge is 0.244 e. The van der Waals surface area contributed by atoms with Crippen molar-refractivity contribution in [2.75, 3.05) is 17.7 Å². The molecule has 0 saturated heterocycles. The molecule has 2 aromatic rings. The van der Waals surface area contributed by atoms with Crippen molar-refractivity contribution in [3.8, 4) is 5.75 Å². The topological polar surface area (TPSA) is 75.7 Å². The standard InChI is InChI=1S/C21H28N2O4S/c1-6-20(23(28(5,25)26)18-9-7-8-15(2)14-18)21(24)22-16(3)17-10-12-19(27-4)13-11-17/h7-14,16,20H,6H2,1-5H3,(H,22,24). The Kier molecular flexibility index (Phi) is 7.07. The van der Waals surface area contributed by atoms with E-state index in [0.717, 1.165) is 23.1 Å². The molecule has 2 rings (SSSR count). The van der Waals surface area contributed by atoms with Gasteiger partial charge in [-0.05, 0) is 55.7 Å². The fraction of sp³-hybridized carbons (Fsp3) is 0.381. The van der Waals surface area contributed by atoms with E-state index < -0.39 is 16.1 Å². The third-order valence-corrected chi connectivity index (χ3v) is 5.74. The molecule has 0 spiro atoms. The van der Waals surface area contributed by atoms with E-state index in [0.29, 0.717) is 12.1 Å². The molecule has 0 fully saturated rings. The number of nitrogens with one attached hydrogen (secondary N) is 1. The van der Waals surface area contributed by atoms with E-state index in [1.807, 2.05) is 44.2 Å². The van der Waals surface area contributed by atoms with Crippen molar-refractivity contribution >= 4 is 21.6 Å². The van der Waals surface area contributed by atoms with E-state index in [-0.39, 0.29) is 11.9 Å². The summed E-state index contributed by atoms with van der Waals surface area (Å²) in [5.41, 5.74) is 2.32. The molecule has 7 heteroatoms. The number of methoxy groups -OCH3 is 1. The second kappa shape index (κ2) is 9.10. The first kappa shape index (κ1) is 21.8. The number of benzene rings is 2. The number of anilines is 1. The van der Waals surface area contributed by atoms with Gasteiger partial charge in [0.1, 0.15) is 11.8 Å². The molecule has 0 aliphatic rings. The van der Waals surface area contributed by atoms with Gasteiger partial charge in [-0.25, -0.2) is 8.42 Å². The number of carbonyl (C=O) groups is 1. The van der Waals surface area contributed by atoms with E-state index in [4.69, 9.17) is 4.74 Å². The first-order chi connectivity index (χ1) is 13.2. The van der Waals surface area contributed by atoms with Gasteiger partial charge in [0.05, 0.1) is 25.1 Å². The van der Waals surface area contributed by atoms with Gasteiger partial charge in [0.15, 0.2) is 0 Å². The maximum absolute atomic E-state index is 13.0. The molecule has 152 valence electrons. The van der Waals surface area contributed by atoms with E-state index in [1.54, 1.807) is 32.2 Å². The van der Waals surface area contributed by atoms with Crippen LogP contribution in [-0.4, -0.2) is 33.7 Å². The van der Waals surface area contributed by atoms with Crippen molar-refractivity contribution in [1.29, 1.82) is 0 Å². The van der Waals surface area contributed by atoms with Crippen molar-refractivity contribution in [3.05, 3.63) is 59.7 Å². The first-order valence-electron chi connectivity index (χ1n) is 9.17. The van der Waals surface area contributed by atoms with Crippen molar-refractivity contribution in [3.63, 3.8) is 0 Å². The highest BCUT2D eigenvalue weighted by Gasteiger charge is 2.32. The predicted molar refractivity (Wildman–Crippen MR) is 112 cm³/mol. The fourth-order valence-electron chi connectivity index (χ4n) is 3.11. The van der Waals surface area contributed by atoms with Crippen LogP contribution in [0.5, 0.6) is 5.75 Å². The van der Waals surface area contributed by atoms with E-state index in [2.05, 4.69) is 5.32 Å². The summed E-state index contributed by atoms with van der Waals surface area (Å²) in [5.74, 6) is 0.397. The minimum atomic E-state index is -3.64. The summed E-state index contributed by atoms with van der Waals surface area (Å²) in [6, 6.07) is 13.4. The summed E-state index contributed by atoms with van der Waals surface area (Å²) >= 11 is 0. The second-order valence-electron chi connectivity index (χ2n) is 6.83. The summed E-state index contributed by atoms with van der Waals surface area (Å²) in [6.45, 7) is 5.55. The van der Waals surface area contributed by atoms with Crippen LogP contribution < -0.4 is 14.4 Å². The van der Waals surface area contributed by atoms with Crippen LogP contribution in [0.15, 0.2) is 48.5 Å². The number of rotatable bonds is 8. The lowest BCUT2D eigenvalue weighted by molar-refractivity contribution is -0.122. The molecule has 1 N–H and O–H groups in total. The molecular weight excluding hydrogens is 376 g/mol. The number of carbonyl (C=O) groups excluding carboxylic acids is 1. The van der Waals surface area contributed by atoms with Crippen LogP contribution in [0.1, 0.15) is 37.4 Å². The van der Waals surface area contributed by atoms with Crippen LogP contribution in [0.3, 0.4) is 0 Å². The van der Waals surface area contributed by atoms with Crippen LogP contribution in [0, 0.1) is 6.92 Å². The lowest BCUT2D eigenvalue weighted by Crippen LogP contribution is -2.49. The summed E-state index contributed by atoms with van der Waals surface area (Å²) in [7, 11) is -2.05. The van der Waals surface area contributed by atoms with Crippen molar-refractivity contribution in [1.82, 2.24) is 5.32 Å². The lowest BCUT2D eigenvalue weighted by Gasteiger charge is -2.31. The zero-order chi connectivity index (χ0) is 20.9. The molecule has 28 heavy (non-hydrogen) atoms. The second-order valence-corrected chi connectivity index (χ2v) is 8.68. The zero-order valence-electron chi connectivity index (χ0n) is 17.0. The fourth-order valence-corrected chi connectivity index (χ4v) is 4.31. The summed E-state index contributed by atoms with van der Waals surface area (Å²) in [6.07, 6.45) is 1.47. The maximum atomic E-state index is 13.0. The molecule has 1 amide bonds. The van der Waals surface area contributed by atoms with Gasteiger partial charge in [0.25, 0.3) is 0 Å². The molecule has 0 aliphatic carbocycles. The molecule has 6 nitrogen and oxygen atoms in total. The summed E-state index contributed by atoms with van der Waals surface area (Å²) in [5, 5.41) is 2.94. The zero-order valence-corrected chi connectivity index (χ0v) is 17.8. The molecule has 2 aromatic carbocycles. The number of sulfonamides is 1. The van der Waals surface area contributed by atoms with Crippen molar-refractivity contribution in [2.45, 2.75) is 39.3 Å². The molecule has 0 bridgehead atoms. The molecule has 2 unspecified atom stereocenters. The van der Waals surface area contributed by atoms with Gasteiger partial charge in [0.2, 0.25) is 15.9 Å². The predicted octanol–water partition coefficient (Wildman–Crippen LogP) is 3.43. The Morgan fingerprint density at radius 1 is 1.18 bits per heavy atom. The average Bonchev–Trinajstić information content (AvgIpc) is 2.64. The first-order valence-corrected chi connectivity index (χ1v) is 11.0. The van der Waals surface area contributed by atoms with Gasteiger partial charge in [-0.1, -0.05) is 31.2 Å². The third-order valence-electron chi connectivity index (χ3n) is 4.56. The molecule has 0 radical (unpaired) electrons. The number of hydrogen-bond acceptors (Lipinski definition) is 4. The average molecular weight is 405 g/mol. The molecule has 2 atom stereocenters. The molecule has 0 saturated carbocycles. The van der Waals surface area contributed by atoms with Crippen LogP contribution in [0.2, 0.25) is 0 Å². The van der Waals surface area contributed by atoms with E-state index in [1.165, 1.54) is 4.31 Å². The Bertz CT molecular complexity index is 910. The van der Waals surface area contributed by atoms with Gasteiger partial charge >= 0.3 is 0 Å². The Labute approximate surface area is 167 Å². The minimum absolute atomic E-state index is 0.272. The van der Waals surface area contributed by atoms with Gasteiger partial charge in [-0.3, -0.25) is 9.10 Å².